The molecule has 0 aliphatic carbocycles. The van der Waals surface area contributed by atoms with Crippen molar-refractivity contribution in [3.05, 3.63) is 66.2 Å². The maximum Gasteiger partial charge on any atom is 0.265 e. The molecule has 0 bridgehead atoms. The largest absolute Gasteiger partial charge is 0.278 e. The lowest BCUT2D eigenvalue weighted by atomic mass is 10.3. The quantitative estimate of drug-likeness (QED) is 0.799. The number of sulfonamides is 1. The van der Waals surface area contributed by atoms with Gasteiger partial charge in [-0.25, -0.2) is 13.1 Å². The van der Waals surface area contributed by atoms with Crippen molar-refractivity contribution in [2.24, 2.45) is 0 Å². The van der Waals surface area contributed by atoms with Crippen LogP contribution >= 0.6 is 0 Å². The maximum atomic E-state index is 12.7. The van der Waals surface area contributed by atoms with Crippen LogP contribution in [-0.4, -0.2) is 23.2 Å². The van der Waals surface area contributed by atoms with Crippen molar-refractivity contribution in [3.63, 3.8) is 0 Å². The van der Waals surface area contributed by atoms with Gasteiger partial charge in [0.05, 0.1) is 29.0 Å². The molecule has 2 heterocycles. The van der Waals surface area contributed by atoms with Gasteiger partial charge in [0.25, 0.3) is 10.0 Å². The fourth-order valence-electron chi connectivity index (χ4n) is 2.47. The van der Waals surface area contributed by atoms with E-state index in [0.29, 0.717) is 17.1 Å². The molecule has 1 N–H and O–H groups in total. The summed E-state index contributed by atoms with van der Waals surface area (Å²) in [4.78, 5) is 4.10. The molecule has 0 radical (unpaired) electrons. The highest BCUT2D eigenvalue weighted by molar-refractivity contribution is 7.92. The van der Waals surface area contributed by atoms with Gasteiger partial charge in [-0.3, -0.25) is 9.71 Å². The summed E-state index contributed by atoms with van der Waals surface area (Å²) in [6, 6.07) is 12.7. The molecule has 7 heteroatoms. The second-order valence-electron chi connectivity index (χ2n) is 5.09. The summed E-state index contributed by atoms with van der Waals surface area (Å²) >= 11 is 0. The summed E-state index contributed by atoms with van der Waals surface area (Å²) in [5.41, 5.74) is 2.24. The number of rotatable bonds is 4. The molecule has 6 nitrogen and oxygen atoms in total. The molecule has 0 fully saturated rings. The monoisotopic (exact) mass is 328 g/mol. The van der Waals surface area contributed by atoms with Gasteiger partial charge in [-0.1, -0.05) is 18.2 Å². The summed E-state index contributed by atoms with van der Waals surface area (Å²) < 4.78 is 29.6. The zero-order valence-corrected chi connectivity index (χ0v) is 13.6. The van der Waals surface area contributed by atoms with Crippen LogP contribution in [0, 0.1) is 13.8 Å². The first-order valence-corrected chi connectivity index (χ1v) is 8.52. The van der Waals surface area contributed by atoms with Crippen LogP contribution in [0.2, 0.25) is 0 Å². The standard InChI is InChI=1S/C16H16N4O2S/c1-12-16(23(21,22)19-14-7-6-10-17-11-14)13(2)20(18-12)15-8-4-3-5-9-15/h3-11,19H,1-2H3. The molecule has 2 aromatic heterocycles. The van der Waals surface area contributed by atoms with Crippen LogP contribution in [0.15, 0.2) is 59.8 Å². The molecule has 3 rings (SSSR count). The van der Waals surface area contributed by atoms with E-state index >= 15 is 0 Å². The Morgan fingerprint density at radius 3 is 2.43 bits per heavy atom. The molecule has 1 aromatic carbocycles. The van der Waals surface area contributed by atoms with Crippen molar-refractivity contribution < 1.29 is 8.42 Å². The van der Waals surface area contributed by atoms with Crippen LogP contribution < -0.4 is 4.72 Å². The molecule has 0 unspecified atom stereocenters. The van der Waals surface area contributed by atoms with E-state index in [0.717, 1.165) is 5.69 Å². The van der Waals surface area contributed by atoms with Crippen LogP contribution in [0.4, 0.5) is 5.69 Å². The van der Waals surface area contributed by atoms with Crippen molar-refractivity contribution in [2.75, 3.05) is 4.72 Å². The number of nitrogens with zero attached hydrogens (tertiary/aromatic N) is 3. The molecule has 3 aromatic rings. The van der Waals surface area contributed by atoms with Gasteiger partial charge in [0.15, 0.2) is 0 Å². The number of aryl methyl sites for hydroxylation is 1. The van der Waals surface area contributed by atoms with E-state index in [1.54, 1.807) is 36.9 Å². The molecule has 0 spiro atoms. The van der Waals surface area contributed by atoms with Crippen molar-refractivity contribution in [1.29, 1.82) is 0 Å². The minimum absolute atomic E-state index is 0.185. The van der Waals surface area contributed by atoms with Gasteiger partial charge in [0.2, 0.25) is 0 Å². The Morgan fingerprint density at radius 2 is 1.78 bits per heavy atom. The van der Waals surface area contributed by atoms with E-state index in [1.165, 1.54) is 6.20 Å². The Bertz CT molecular complexity index is 919. The number of anilines is 1. The maximum absolute atomic E-state index is 12.7. The zero-order chi connectivity index (χ0) is 16.4. The van der Waals surface area contributed by atoms with Gasteiger partial charge in [0, 0.05) is 6.20 Å². The van der Waals surface area contributed by atoms with Gasteiger partial charge < -0.3 is 0 Å². The lowest BCUT2D eigenvalue weighted by Crippen LogP contribution is -2.15. The first-order valence-electron chi connectivity index (χ1n) is 7.03. The molecule has 0 atom stereocenters. The Morgan fingerprint density at radius 1 is 1.04 bits per heavy atom. The van der Waals surface area contributed by atoms with Crippen LogP contribution in [-0.2, 0) is 10.0 Å². The Hall–Kier alpha value is -2.67. The Labute approximate surface area is 134 Å². The summed E-state index contributed by atoms with van der Waals surface area (Å²) in [6.07, 6.45) is 3.05. The van der Waals surface area contributed by atoms with E-state index in [2.05, 4.69) is 14.8 Å². The van der Waals surface area contributed by atoms with Gasteiger partial charge in [-0.15, -0.1) is 0 Å². The van der Waals surface area contributed by atoms with Crippen LogP contribution in [0.1, 0.15) is 11.4 Å². The molecule has 118 valence electrons. The SMILES string of the molecule is Cc1nn(-c2ccccc2)c(C)c1S(=O)(=O)Nc1cccnc1. The minimum Gasteiger partial charge on any atom is -0.278 e. The average molecular weight is 328 g/mol. The average Bonchev–Trinajstić information content (AvgIpc) is 2.84. The zero-order valence-electron chi connectivity index (χ0n) is 12.8. The number of pyridine rings is 1. The molecule has 23 heavy (non-hydrogen) atoms. The Kier molecular flexibility index (Phi) is 3.87. The lowest BCUT2D eigenvalue weighted by molar-refractivity contribution is 0.600. The highest BCUT2D eigenvalue weighted by Gasteiger charge is 2.25. The van der Waals surface area contributed by atoms with E-state index in [9.17, 15) is 8.42 Å². The Balaban J connectivity index is 2.05. The van der Waals surface area contributed by atoms with Crippen molar-refractivity contribution in [1.82, 2.24) is 14.8 Å². The molecule has 0 saturated carbocycles. The van der Waals surface area contributed by atoms with E-state index in [4.69, 9.17) is 0 Å². The second-order valence-corrected chi connectivity index (χ2v) is 6.71. The van der Waals surface area contributed by atoms with Crippen molar-refractivity contribution in [2.45, 2.75) is 18.7 Å². The molecule has 0 aliphatic heterocycles. The smallest absolute Gasteiger partial charge is 0.265 e. The number of nitrogens with one attached hydrogen (secondary N) is 1. The lowest BCUT2D eigenvalue weighted by Gasteiger charge is -2.08. The van der Waals surface area contributed by atoms with Crippen LogP contribution in [0.25, 0.3) is 5.69 Å². The van der Waals surface area contributed by atoms with Crippen molar-refractivity contribution in [3.8, 4) is 5.69 Å². The van der Waals surface area contributed by atoms with E-state index < -0.39 is 10.0 Å². The van der Waals surface area contributed by atoms with Crippen molar-refractivity contribution >= 4 is 15.7 Å². The molecule has 0 aliphatic rings. The summed E-state index contributed by atoms with van der Waals surface area (Å²) in [5.74, 6) is 0. The highest BCUT2D eigenvalue weighted by atomic mass is 32.2. The second kappa shape index (κ2) is 5.85. The summed E-state index contributed by atoms with van der Waals surface area (Å²) in [7, 11) is -3.74. The van der Waals surface area contributed by atoms with E-state index in [1.807, 2.05) is 30.3 Å². The highest BCUT2D eigenvalue weighted by Crippen LogP contribution is 2.24. The number of hydrogen-bond acceptors (Lipinski definition) is 4. The first-order chi connectivity index (χ1) is 11.0. The fourth-order valence-corrected chi connectivity index (χ4v) is 3.91. The van der Waals surface area contributed by atoms with Crippen LogP contribution in [0.3, 0.4) is 0 Å². The topological polar surface area (TPSA) is 76.9 Å². The molecule has 0 amide bonds. The number of aromatic nitrogens is 3. The summed E-state index contributed by atoms with van der Waals surface area (Å²) in [6.45, 7) is 3.43. The van der Waals surface area contributed by atoms with Gasteiger partial charge in [-0.05, 0) is 38.1 Å². The predicted octanol–water partition coefficient (Wildman–Crippen LogP) is 2.68. The first kappa shape index (κ1) is 15.2. The molecular weight excluding hydrogens is 312 g/mol. The molecular formula is C16H16N4O2S. The van der Waals surface area contributed by atoms with Gasteiger partial charge in [-0.2, -0.15) is 5.10 Å². The molecule has 0 saturated heterocycles. The van der Waals surface area contributed by atoms with E-state index in [-0.39, 0.29) is 4.90 Å². The third-order valence-corrected chi connectivity index (χ3v) is 5.04. The predicted molar refractivity (Wildman–Crippen MR) is 88.1 cm³/mol. The summed E-state index contributed by atoms with van der Waals surface area (Å²) in [5, 5.41) is 4.37. The number of hydrogen-bond donors (Lipinski definition) is 1. The fraction of sp³-hybridized carbons (Fsp3) is 0.125. The number of para-hydroxylation sites is 1. The third kappa shape index (κ3) is 2.95. The van der Waals surface area contributed by atoms with Crippen LogP contribution in [0.5, 0.6) is 0 Å². The van der Waals surface area contributed by atoms with Gasteiger partial charge >= 0.3 is 0 Å². The third-order valence-electron chi connectivity index (χ3n) is 3.41. The normalized spacial score (nSPS) is 11.4. The minimum atomic E-state index is -3.74. The van der Waals surface area contributed by atoms with Gasteiger partial charge in [0.1, 0.15) is 4.90 Å². The number of benzene rings is 1.